The van der Waals surface area contributed by atoms with Gasteiger partial charge < -0.3 is 88.2 Å². The van der Waals surface area contributed by atoms with Gasteiger partial charge in [0, 0.05) is 28.2 Å². The minimum Gasteiger partial charge on any atom is -1.00 e. The van der Waals surface area contributed by atoms with Crippen LogP contribution in [0.15, 0.2) is 218 Å². The van der Waals surface area contributed by atoms with Crippen molar-refractivity contribution in [1.82, 2.24) is 0 Å². The Morgan fingerprint density at radius 2 is 0.634 bits per heavy atom. The third-order valence-corrected chi connectivity index (χ3v) is 15.8. The van der Waals surface area contributed by atoms with E-state index in [1.807, 2.05) is 104 Å². The van der Waals surface area contributed by atoms with Crippen LogP contribution in [0.4, 0.5) is 0 Å². The average Bonchev–Trinajstić information content (AvgIpc) is 0.830. The number of aryl methyl sites for hydroxylation is 2. The predicted molar refractivity (Wildman–Crippen MR) is 426 cm³/mol. The first-order valence-corrected chi connectivity index (χ1v) is 35.2. The maximum absolute atomic E-state index is 11.9. The molecule has 0 aliphatic rings. The number of carbonyl (C=O) groups is 4. The number of aromatic hydroxyl groups is 1. The van der Waals surface area contributed by atoms with Gasteiger partial charge in [-0.3, -0.25) is 19.2 Å². The van der Waals surface area contributed by atoms with Crippen molar-refractivity contribution in [3.63, 3.8) is 0 Å². The van der Waals surface area contributed by atoms with Gasteiger partial charge in [-0.1, -0.05) is 128 Å². The summed E-state index contributed by atoms with van der Waals surface area (Å²) in [4.78, 5) is 46.2. The Morgan fingerprint density at radius 1 is 0.375 bits per heavy atom. The van der Waals surface area contributed by atoms with Gasteiger partial charge >= 0.3 is 41.5 Å². The largest absolute Gasteiger partial charge is 1.00 e. The molecule has 595 valence electrons. The summed E-state index contributed by atoms with van der Waals surface area (Å²) in [7, 11) is 14.2. The topological polar surface area (TPSA) is 302 Å². The number of hydrogen-bond donors (Lipinski definition) is 4. The second kappa shape index (κ2) is 57.2. The summed E-state index contributed by atoms with van der Waals surface area (Å²) in [6.07, 6.45) is -2.55. The van der Waals surface area contributed by atoms with Crippen molar-refractivity contribution in [2.75, 3.05) is 77.2 Å². The van der Waals surface area contributed by atoms with Crippen LogP contribution in [0, 0.1) is 11.3 Å². The maximum atomic E-state index is 11.9. The molecule has 9 rings (SSSR count). The Kier molecular flexibility index (Phi) is 50.6. The number of aliphatic hydroxyl groups excluding tert-OH is 3. The van der Waals surface area contributed by atoms with Gasteiger partial charge in [0.1, 0.15) is 53.2 Å². The smallest absolute Gasteiger partial charge is 1.00 e. The maximum Gasteiger partial charge on any atom is 1.00 e. The van der Waals surface area contributed by atoms with E-state index in [0.717, 1.165) is 33.9 Å². The molecule has 0 saturated carbocycles. The zero-order valence-corrected chi connectivity index (χ0v) is 68.9. The first-order valence-electron chi connectivity index (χ1n) is 35.2. The molecule has 6 atom stereocenters. The molecule has 25 heteroatoms. The summed E-state index contributed by atoms with van der Waals surface area (Å²) in [5, 5.41) is 47.9. The molecule has 0 fully saturated rings. The van der Waals surface area contributed by atoms with Gasteiger partial charge in [-0.25, -0.2) is 0 Å². The molecule has 6 unspecified atom stereocenters. The van der Waals surface area contributed by atoms with E-state index < -0.39 is 30.5 Å². The molecular formula is C87H106BNNaO22. The van der Waals surface area contributed by atoms with Gasteiger partial charge in [-0.15, -0.1) is 0 Å². The number of methoxy groups -OCH3 is 9. The molecule has 9 aromatic rings. The van der Waals surface area contributed by atoms with Crippen LogP contribution in [0.3, 0.4) is 0 Å². The zero-order valence-electron chi connectivity index (χ0n) is 67.9. The fraction of sp³-hybridized carbons (Fsp3) is 0.322. The van der Waals surface area contributed by atoms with Crippen LogP contribution in [0.5, 0.6) is 74.7 Å². The number of esters is 2. The summed E-state index contributed by atoms with van der Waals surface area (Å²) in [6, 6.07) is 66.4. The monoisotopic (exact) mass is 1550 g/mol. The predicted octanol–water partition coefficient (Wildman–Crippen LogP) is 12.2. The molecular weight excluding hydrogens is 1440 g/mol. The zero-order chi connectivity index (χ0) is 81.2. The number of hydrogen-bond acceptors (Lipinski definition) is 23. The number of phenols is 1. The number of ketones is 2. The van der Waals surface area contributed by atoms with Crippen molar-refractivity contribution >= 4 is 31.9 Å². The summed E-state index contributed by atoms with van der Waals surface area (Å²) >= 11 is 0. The Bertz CT molecular complexity index is 3970. The van der Waals surface area contributed by atoms with Crippen LogP contribution >= 0.6 is 0 Å². The number of nitrogens with zero attached hydrogens (tertiary/aromatic N) is 1. The summed E-state index contributed by atoms with van der Waals surface area (Å²) in [5.74, 6) is 6.65. The van der Waals surface area contributed by atoms with Gasteiger partial charge in [0.25, 0.3) is 0 Å². The van der Waals surface area contributed by atoms with Gasteiger partial charge in [-0.2, -0.15) is 5.26 Å². The molecule has 0 aliphatic heterocycles. The molecule has 0 saturated heterocycles. The molecule has 0 aliphatic carbocycles. The Hall–Kier alpha value is -10.9. The second-order valence-corrected chi connectivity index (χ2v) is 23.1. The fourth-order valence-corrected chi connectivity index (χ4v) is 10.1. The number of Topliss-reactive ketones (excluding diaryl/α,β-unsaturated/α-hetero) is 2. The van der Waals surface area contributed by atoms with Crippen LogP contribution in [-0.4, -0.2) is 148 Å². The first-order chi connectivity index (χ1) is 53.1. The van der Waals surface area contributed by atoms with Crippen molar-refractivity contribution in [3.8, 4) is 80.8 Å². The number of aliphatic hydroxyl groups is 3. The van der Waals surface area contributed by atoms with Crippen LogP contribution < -0.4 is 86.4 Å². The van der Waals surface area contributed by atoms with Gasteiger partial charge in [0.2, 0.25) is 0 Å². The van der Waals surface area contributed by atoms with E-state index in [1.54, 1.807) is 184 Å². The number of nitriles is 1. The molecule has 0 amide bonds. The molecule has 0 aromatic heterocycles. The number of rotatable bonds is 32. The van der Waals surface area contributed by atoms with E-state index in [-0.39, 0.29) is 74.8 Å². The Labute approximate surface area is 684 Å². The molecule has 0 heterocycles. The molecule has 9 aromatic carbocycles. The van der Waals surface area contributed by atoms with Crippen LogP contribution in [-0.2, 0) is 41.5 Å². The SMILES string of the molecule is CC#N.CCC(Oc1ccccc1OC)C(O)c1ccc(OC)cc1.CCOC(=O)CCc1ccccc1OC.CCOC(=O)CCc1ccccc1OC.COc1ccc(C(O)C(Oc2ccccc2OC)C(C)=O)cc1.COc1ccc(C(O)C(Oc2ccccc2OC)C(C)=O)cc1.COc1ccccc1O.[B].[H-].[Na+]. The molecule has 112 heavy (non-hydrogen) atoms. The van der Waals surface area contributed by atoms with Crippen LogP contribution in [0.1, 0.15) is 108 Å². The van der Waals surface area contributed by atoms with Crippen LogP contribution in [0.25, 0.3) is 0 Å². The van der Waals surface area contributed by atoms with Crippen molar-refractivity contribution < 1.29 is 137 Å². The van der Waals surface area contributed by atoms with Crippen molar-refractivity contribution in [2.24, 2.45) is 0 Å². The van der Waals surface area contributed by atoms with Crippen LogP contribution in [0.2, 0.25) is 0 Å². The molecule has 0 spiro atoms. The number of carbonyl (C=O) groups excluding carboxylic acids is 4. The Morgan fingerprint density at radius 3 is 0.893 bits per heavy atom. The fourth-order valence-electron chi connectivity index (χ4n) is 10.1. The summed E-state index contributed by atoms with van der Waals surface area (Å²) in [5.41, 5.74) is 4.01. The van der Waals surface area contributed by atoms with E-state index >= 15 is 0 Å². The van der Waals surface area contributed by atoms with Gasteiger partial charge in [0.15, 0.2) is 69.8 Å². The standard InChI is InChI=1S/2C18H20O5.C18H22O4.2C12H16O3.C7H8O2.C2H3N.B.Na.H/c2*1-12(19)18(23-16-7-5-4-6-15(16)22-3)17(20)13-8-10-14(21-2)11-9-13;1-4-15(22-17-8-6-5-7-16(17)21-3)18(19)13-9-11-14(20-2)12-10-13;2*1-3-15-12(13)9-8-10-6-4-5-7-11(10)14-2;1-9-7-5-3-2-4-6(7)8;1-2-3;;;/h2*4-11,17-18,20H,1-3H3;5-12,15,18-19H,4H2,1-3H3;2*4-7H,3,8-9H2,1-2H3;2-5,8H,1H3;1H3;;;/q;;;;;;;;+1;-1. The van der Waals surface area contributed by atoms with E-state index in [1.165, 1.54) is 42.1 Å². The van der Waals surface area contributed by atoms with Crippen molar-refractivity contribution in [2.45, 2.75) is 110 Å². The third kappa shape index (κ3) is 35.0. The number of ether oxygens (including phenoxy) is 14. The quantitative estimate of drug-likeness (QED) is 0.0225. The van der Waals surface area contributed by atoms with Crippen molar-refractivity contribution in [3.05, 3.63) is 246 Å². The number of para-hydroxylation sites is 10. The minimum absolute atomic E-state index is 0. The molecule has 0 bridgehead atoms. The average molecular weight is 1550 g/mol. The first kappa shape index (κ1) is 99.1. The van der Waals surface area contributed by atoms with Gasteiger partial charge in [-0.05, 0) is 172 Å². The molecule has 4 N–H and O–H groups in total. The van der Waals surface area contributed by atoms with E-state index in [2.05, 4.69) is 0 Å². The number of phenolic OH excluding ortho intramolecular Hbond substituents is 1. The van der Waals surface area contributed by atoms with E-state index in [9.17, 15) is 34.5 Å². The summed E-state index contributed by atoms with van der Waals surface area (Å²) < 4.78 is 73.3. The third-order valence-electron chi connectivity index (χ3n) is 15.8. The van der Waals surface area contributed by atoms with E-state index in [4.69, 9.17) is 76.7 Å². The number of benzene rings is 9. The minimum atomic E-state index is -1.09. The molecule has 3 radical (unpaired) electrons. The van der Waals surface area contributed by atoms with Crippen molar-refractivity contribution in [1.29, 1.82) is 5.26 Å². The van der Waals surface area contributed by atoms with E-state index in [0.29, 0.717) is 108 Å². The summed E-state index contributed by atoms with van der Waals surface area (Å²) in [6.45, 7) is 10.7. The Balaban J connectivity index is 0.00000134. The molecule has 23 nitrogen and oxygen atoms in total. The normalized spacial score (nSPS) is 11.4. The van der Waals surface area contributed by atoms with Gasteiger partial charge in [0.05, 0.1) is 83.3 Å². The second-order valence-electron chi connectivity index (χ2n) is 23.1.